The molecule has 1 aliphatic rings. The first kappa shape index (κ1) is 20.8. The molecule has 1 unspecified atom stereocenters. The molecule has 1 atom stereocenters. The van der Waals surface area contributed by atoms with E-state index in [1.807, 2.05) is 0 Å². The van der Waals surface area contributed by atoms with Crippen LogP contribution in [0.2, 0.25) is 5.02 Å². The van der Waals surface area contributed by atoms with Crippen LogP contribution < -0.4 is 10.0 Å². The fraction of sp³-hybridized carbons (Fsp3) is 0.238. The first-order chi connectivity index (χ1) is 14.3. The van der Waals surface area contributed by atoms with E-state index in [-0.39, 0.29) is 16.1 Å². The Hall–Kier alpha value is -2.42. The number of thiazole rings is 1. The lowest BCUT2D eigenvalue weighted by Crippen LogP contribution is -2.18. The Bertz CT molecular complexity index is 1190. The first-order valence-electron chi connectivity index (χ1n) is 9.49. The number of aromatic nitrogens is 1. The third kappa shape index (κ3) is 4.50. The molecule has 30 heavy (non-hydrogen) atoms. The molecule has 0 saturated heterocycles. The number of aryl methyl sites for hydroxylation is 1. The number of hydrogen-bond acceptors (Lipinski definition) is 5. The number of nitrogens with one attached hydrogen (secondary N) is 2. The van der Waals surface area contributed by atoms with Gasteiger partial charge in [-0.05, 0) is 61.6 Å². The summed E-state index contributed by atoms with van der Waals surface area (Å²) in [5.41, 5.74) is 1.46. The Morgan fingerprint density at radius 2 is 1.90 bits per heavy atom. The van der Waals surface area contributed by atoms with Crippen molar-refractivity contribution in [3.8, 4) is 0 Å². The van der Waals surface area contributed by atoms with Crippen LogP contribution in [0, 0.1) is 5.92 Å². The molecule has 0 spiro atoms. The number of para-hydroxylation sites is 1. The van der Waals surface area contributed by atoms with Crippen LogP contribution in [-0.2, 0) is 22.9 Å². The Morgan fingerprint density at radius 1 is 1.17 bits per heavy atom. The fourth-order valence-corrected chi connectivity index (χ4v) is 5.72. The number of rotatable bonds is 5. The van der Waals surface area contributed by atoms with Gasteiger partial charge >= 0.3 is 0 Å². The van der Waals surface area contributed by atoms with Crippen molar-refractivity contribution in [2.45, 2.75) is 31.1 Å². The van der Waals surface area contributed by atoms with Gasteiger partial charge in [0.1, 0.15) is 0 Å². The highest BCUT2D eigenvalue weighted by Crippen LogP contribution is 2.32. The van der Waals surface area contributed by atoms with E-state index in [1.165, 1.54) is 40.5 Å². The predicted octanol–water partition coefficient (Wildman–Crippen LogP) is 4.97. The summed E-state index contributed by atoms with van der Waals surface area (Å²) < 4.78 is 27.9. The van der Waals surface area contributed by atoms with Crippen LogP contribution in [0.4, 0.5) is 10.8 Å². The maximum Gasteiger partial charge on any atom is 0.261 e. The van der Waals surface area contributed by atoms with Crippen molar-refractivity contribution < 1.29 is 13.2 Å². The maximum atomic E-state index is 12.9. The van der Waals surface area contributed by atoms with Gasteiger partial charge in [-0.2, -0.15) is 0 Å². The summed E-state index contributed by atoms with van der Waals surface area (Å²) in [4.78, 5) is 18.7. The van der Waals surface area contributed by atoms with E-state index in [4.69, 9.17) is 11.6 Å². The molecular formula is C21H20ClN3O3S2. The monoisotopic (exact) mass is 461 g/mol. The molecule has 156 valence electrons. The quantitative estimate of drug-likeness (QED) is 0.561. The Morgan fingerprint density at radius 3 is 2.67 bits per heavy atom. The third-order valence-corrected chi connectivity index (χ3v) is 7.62. The van der Waals surface area contributed by atoms with Gasteiger partial charge in [0.05, 0.1) is 21.8 Å². The molecule has 1 aromatic heterocycles. The summed E-state index contributed by atoms with van der Waals surface area (Å²) in [6, 6.07) is 12.3. The molecule has 6 nitrogen and oxygen atoms in total. The van der Waals surface area contributed by atoms with E-state index < -0.39 is 15.9 Å². The van der Waals surface area contributed by atoms with Gasteiger partial charge in [0, 0.05) is 9.90 Å². The topological polar surface area (TPSA) is 88.2 Å². The lowest BCUT2D eigenvalue weighted by Gasteiger charge is -2.15. The van der Waals surface area contributed by atoms with Crippen molar-refractivity contribution in [3.05, 3.63) is 69.7 Å². The van der Waals surface area contributed by atoms with Crippen LogP contribution in [0.25, 0.3) is 0 Å². The number of sulfonamides is 1. The highest BCUT2D eigenvalue weighted by Gasteiger charge is 2.22. The SMILES string of the molecule is CC1CCc2nc(NC(=O)c3ccccc3NS(=O)(=O)c3ccc(Cl)cc3)sc2C1. The third-order valence-electron chi connectivity index (χ3n) is 4.95. The van der Waals surface area contributed by atoms with E-state index in [9.17, 15) is 13.2 Å². The minimum atomic E-state index is -3.87. The second kappa shape index (κ2) is 8.37. The molecule has 0 fully saturated rings. The highest BCUT2D eigenvalue weighted by molar-refractivity contribution is 7.92. The van der Waals surface area contributed by atoms with Gasteiger partial charge in [0.2, 0.25) is 0 Å². The molecule has 1 amide bonds. The van der Waals surface area contributed by atoms with Gasteiger partial charge in [-0.15, -0.1) is 11.3 Å². The highest BCUT2D eigenvalue weighted by atomic mass is 35.5. The second-order valence-corrected chi connectivity index (χ2v) is 10.5. The van der Waals surface area contributed by atoms with Crippen molar-refractivity contribution in [2.75, 3.05) is 10.0 Å². The average molecular weight is 462 g/mol. The van der Waals surface area contributed by atoms with Crippen molar-refractivity contribution in [1.29, 1.82) is 0 Å². The molecular weight excluding hydrogens is 442 g/mol. The van der Waals surface area contributed by atoms with Crippen LogP contribution in [0.15, 0.2) is 53.4 Å². The Balaban J connectivity index is 1.56. The summed E-state index contributed by atoms with van der Waals surface area (Å²) in [5, 5.41) is 3.80. The largest absolute Gasteiger partial charge is 0.298 e. The fourth-order valence-electron chi connectivity index (χ4n) is 3.35. The van der Waals surface area contributed by atoms with Gasteiger partial charge < -0.3 is 0 Å². The number of benzene rings is 2. The first-order valence-corrected chi connectivity index (χ1v) is 12.2. The molecule has 0 radical (unpaired) electrons. The molecule has 0 bridgehead atoms. The number of hydrogen-bond donors (Lipinski definition) is 2. The zero-order valence-corrected chi connectivity index (χ0v) is 18.6. The number of nitrogens with zero attached hydrogens (tertiary/aromatic N) is 1. The van der Waals surface area contributed by atoms with Crippen LogP contribution in [0.1, 0.15) is 34.3 Å². The van der Waals surface area contributed by atoms with Gasteiger partial charge in [0.15, 0.2) is 5.13 Å². The number of fused-ring (bicyclic) bond motifs is 1. The van der Waals surface area contributed by atoms with Crippen molar-refractivity contribution in [1.82, 2.24) is 4.98 Å². The van der Waals surface area contributed by atoms with Crippen molar-refractivity contribution >= 4 is 49.7 Å². The smallest absolute Gasteiger partial charge is 0.261 e. The molecule has 2 N–H and O–H groups in total. The minimum Gasteiger partial charge on any atom is -0.298 e. The van der Waals surface area contributed by atoms with Gasteiger partial charge in [-0.25, -0.2) is 13.4 Å². The zero-order valence-electron chi connectivity index (χ0n) is 16.2. The van der Waals surface area contributed by atoms with Crippen LogP contribution in [0.5, 0.6) is 0 Å². The van der Waals surface area contributed by atoms with E-state index in [2.05, 4.69) is 21.9 Å². The van der Waals surface area contributed by atoms with Crippen LogP contribution >= 0.6 is 22.9 Å². The van der Waals surface area contributed by atoms with Gasteiger partial charge in [-0.3, -0.25) is 14.8 Å². The lowest BCUT2D eigenvalue weighted by atomic mass is 9.93. The summed E-state index contributed by atoms with van der Waals surface area (Å²) in [5.74, 6) is 0.202. The molecule has 1 aliphatic carbocycles. The minimum absolute atomic E-state index is 0.0591. The van der Waals surface area contributed by atoms with E-state index >= 15 is 0 Å². The van der Waals surface area contributed by atoms with Crippen LogP contribution in [0.3, 0.4) is 0 Å². The maximum absolute atomic E-state index is 12.9. The van der Waals surface area contributed by atoms with E-state index in [0.29, 0.717) is 16.1 Å². The van der Waals surface area contributed by atoms with Gasteiger partial charge in [0.25, 0.3) is 15.9 Å². The molecule has 3 aromatic rings. The zero-order chi connectivity index (χ0) is 21.3. The number of carbonyl (C=O) groups excluding carboxylic acids is 1. The molecule has 4 rings (SSSR count). The summed E-state index contributed by atoms with van der Waals surface area (Å²) in [6.07, 6.45) is 2.99. The number of carbonyl (C=O) groups is 1. The molecule has 0 aliphatic heterocycles. The molecule has 2 aromatic carbocycles. The molecule has 9 heteroatoms. The number of halogens is 1. The normalized spacial score (nSPS) is 16.0. The van der Waals surface area contributed by atoms with Crippen molar-refractivity contribution in [3.63, 3.8) is 0 Å². The number of anilines is 2. The van der Waals surface area contributed by atoms with Crippen LogP contribution in [-0.4, -0.2) is 19.3 Å². The Labute approximate surface area is 184 Å². The average Bonchev–Trinajstić information content (AvgIpc) is 3.09. The molecule has 1 heterocycles. The van der Waals surface area contributed by atoms with E-state index in [0.717, 1.165) is 25.0 Å². The summed E-state index contributed by atoms with van der Waals surface area (Å²) in [6.45, 7) is 2.21. The van der Waals surface area contributed by atoms with Crippen molar-refractivity contribution in [2.24, 2.45) is 5.92 Å². The number of amides is 1. The lowest BCUT2D eigenvalue weighted by molar-refractivity contribution is 0.102. The standard InChI is InChI=1S/C21H20ClN3O3S2/c1-13-6-11-18-19(12-13)29-21(23-18)24-20(26)16-4-2-3-5-17(16)25-30(27,28)15-9-7-14(22)8-10-15/h2-5,7-10,13,25H,6,11-12H2,1H3,(H,23,24,26). The molecule has 0 saturated carbocycles. The van der Waals surface area contributed by atoms with Gasteiger partial charge in [-0.1, -0.05) is 30.7 Å². The van der Waals surface area contributed by atoms with E-state index in [1.54, 1.807) is 24.3 Å². The second-order valence-electron chi connectivity index (χ2n) is 7.30. The summed E-state index contributed by atoms with van der Waals surface area (Å²) >= 11 is 7.32. The Kier molecular flexibility index (Phi) is 5.81. The predicted molar refractivity (Wildman–Crippen MR) is 120 cm³/mol. The summed E-state index contributed by atoms with van der Waals surface area (Å²) in [7, 11) is -3.87.